The van der Waals surface area contributed by atoms with Gasteiger partial charge in [-0.3, -0.25) is 0 Å². The number of ether oxygens (including phenoxy) is 1. The van der Waals surface area contributed by atoms with Gasteiger partial charge in [0.25, 0.3) is 0 Å². The number of benzene rings is 1. The van der Waals surface area contributed by atoms with Crippen molar-refractivity contribution in [2.75, 3.05) is 31.2 Å². The maximum atomic E-state index is 12.1. The van der Waals surface area contributed by atoms with Crippen LogP contribution >= 0.6 is 0 Å². The molecular formula is C14H22N2O3S. The zero-order valence-electron chi connectivity index (χ0n) is 12.0. The van der Waals surface area contributed by atoms with Gasteiger partial charge in [0.05, 0.1) is 11.4 Å². The third-order valence-electron chi connectivity index (χ3n) is 2.71. The maximum absolute atomic E-state index is 12.1. The molecular weight excluding hydrogens is 276 g/mol. The molecule has 0 amide bonds. The molecule has 0 atom stereocenters. The van der Waals surface area contributed by atoms with E-state index in [1.165, 1.54) is 4.31 Å². The second-order valence-electron chi connectivity index (χ2n) is 4.59. The van der Waals surface area contributed by atoms with Crippen molar-refractivity contribution in [2.24, 2.45) is 0 Å². The van der Waals surface area contributed by atoms with Gasteiger partial charge in [-0.15, -0.1) is 0 Å². The number of para-hydroxylation sites is 2. The number of anilines is 1. The number of nitrogens with two attached hydrogens (primary N) is 1. The average Bonchev–Trinajstić information content (AvgIpc) is 2.37. The van der Waals surface area contributed by atoms with E-state index in [0.717, 1.165) is 5.57 Å². The molecule has 1 aromatic carbocycles. The summed E-state index contributed by atoms with van der Waals surface area (Å²) in [4.78, 5) is 0. The molecule has 1 aromatic rings. The highest BCUT2D eigenvalue weighted by atomic mass is 32.2. The van der Waals surface area contributed by atoms with E-state index >= 15 is 0 Å². The van der Waals surface area contributed by atoms with Gasteiger partial charge in [0.2, 0.25) is 10.0 Å². The second-order valence-corrected chi connectivity index (χ2v) is 6.67. The Labute approximate surface area is 121 Å². The lowest BCUT2D eigenvalue weighted by molar-refractivity contribution is 0.337. The molecule has 0 heterocycles. The minimum Gasteiger partial charge on any atom is -0.490 e. The molecule has 0 aliphatic carbocycles. The molecule has 0 bridgehead atoms. The van der Waals surface area contributed by atoms with Crippen molar-refractivity contribution in [3.05, 3.63) is 36.4 Å². The highest BCUT2D eigenvalue weighted by Crippen LogP contribution is 2.19. The average molecular weight is 298 g/mol. The van der Waals surface area contributed by atoms with Crippen molar-refractivity contribution < 1.29 is 13.2 Å². The number of hydrogen-bond donors (Lipinski definition) is 1. The van der Waals surface area contributed by atoms with Gasteiger partial charge in [0, 0.05) is 13.1 Å². The van der Waals surface area contributed by atoms with Crippen molar-refractivity contribution in [3.8, 4) is 5.75 Å². The lowest BCUT2D eigenvalue weighted by Crippen LogP contribution is -2.35. The summed E-state index contributed by atoms with van der Waals surface area (Å²) >= 11 is 0. The summed E-state index contributed by atoms with van der Waals surface area (Å²) in [5, 5.41) is 0. The van der Waals surface area contributed by atoms with Gasteiger partial charge >= 0.3 is 0 Å². The van der Waals surface area contributed by atoms with Gasteiger partial charge in [-0.25, -0.2) is 8.42 Å². The van der Waals surface area contributed by atoms with Gasteiger partial charge in [-0.1, -0.05) is 31.2 Å². The van der Waals surface area contributed by atoms with Gasteiger partial charge in [0.15, 0.2) is 0 Å². The zero-order chi connectivity index (χ0) is 15.2. The monoisotopic (exact) mass is 298 g/mol. The molecule has 0 spiro atoms. The van der Waals surface area contributed by atoms with Crippen LogP contribution < -0.4 is 10.5 Å². The molecule has 0 aliphatic rings. The summed E-state index contributed by atoms with van der Waals surface area (Å²) in [7, 11) is -3.34. The third kappa shape index (κ3) is 4.86. The van der Waals surface area contributed by atoms with E-state index in [1.54, 1.807) is 38.1 Å². The van der Waals surface area contributed by atoms with E-state index in [-0.39, 0.29) is 12.4 Å². The molecule has 6 heteroatoms. The first-order chi connectivity index (χ1) is 9.36. The zero-order valence-corrected chi connectivity index (χ0v) is 12.8. The van der Waals surface area contributed by atoms with Crippen molar-refractivity contribution in [1.82, 2.24) is 4.31 Å². The molecule has 0 radical (unpaired) electrons. The Bertz CT molecular complexity index is 555. The van der Waals surface area contributed by atoms with Crippen molar-refractivity contribution in [2.45, 2.75) is 13.8 Å². The third-order valence-corrected chi connectivity index (χ3v) is 4.57. The van der Waals surface area contributed by atoms with Gasteiger partial charge < -0.3 is 10.5 Å². The first-order valence-electron chi connectivity index (χ1n) is 6.46. The fourth-order valence-corrected chi connectivity index (χ4v) is 3.07. The van der Waals surface area contributed by atoms with Crippen LogP contribution in [0.3, 0.4) is 0 Å². The minimum absolute atomic E-state index is 0.0727. The molecule has 0 saturated heterocycles. The molecule has 20 heavy (non-hydrogen) atoms. The van der Waals surface area contributed by atoms with Gasteiger partial charge in [-0.05, 0) is 19.1 Å². The fourth-order valence-electron chi connectivity index (χ4n) is 1.71. The number of nitrogens with zero attached hydrogens (tertiary/aromatic N) is 1. The van der Waals surface area contributed by atoms with Crippen LogP contribution in [0.1, 0.15) is 13.8 Å². The summed E-state index contributed by atoms with van der Waals surface area (Å²) in [6, 6.07) is 7.01. The molecule has 0 aliphatic heterocycles. The summed E-state index contributed by atoms with van der Waals surface area (Å²) in [6.45, 7) is 8.18. The first-order valence-corrected chi connectivity index (χ1v) is 8.07. The molecule has 0 unspecified atom stereocenters. The van der Waals surface area contributed by atoms with Crippen molar-refractivity contribution >= 4 is 15.7 Å². The summed E-state index contributed by atoms with van der Waals surface area (Å²) in [5.74, 6) is 0.424. The Morgan fingerprint density at radius 1 is 1.40 bits per heavy atom. The summed E-state index contributed by atoms with van der Waals surface area (Å²) < 4.78 is 31.1. The largest absolute Gasteiger partial charge is 0.490 e. The number of rotatable bonds is 8. The first kappa shape index (κ1) is 16.5. The standard InChI is InChI=1S/C14H22N2O3S/c1-4-16(11-12(2)3)20(17,18)10-9-19-14-8-6-5-7-13(14)15/h5-8H,2,4,9-11,15H2,1,3H3. The lowest BCUT2D eigenvalue weighted by Gasteiger charge is -2.20. The fraction of sp³-hybridized carbons (Fsp3) is 0.429. The molecule has 2 N–H and O–H groups in total. The van der Waals surface area contributed by atoms with Crippen LogP contribution in [0.25, 0.3) is 0 Å². The highest BCUT2D eigenvalue weighted by Gasteiger charge is 2.20. The Morgan fingerprint density at radius 2 is 2.05 bits per heavy atom. The molecule has 1 rings (SSSR count). The maximum Gasteiger partial charge on any atom is 0.217 e. The van der Waals surface area contributed by atoms with E-state index in [9.17, 15) is 8.42 Å². The van der Waals surface area contributed by atoms with Crippen LogP contribution in [-0.2, 0) is 10.0 Å². The second kappa shape index (κ2) is 7.31. The lowest BCUT2D eigenvalue weighted by atomic mass is 10.3. The summed E-state index contributed by atoms with van der Waals surface area (Å²) in [5.41, 5.74) is 7.03. The highest BCUT2D eigenvalue weighted by molar-refractivity contribution is 7.89. The van der Waals surface area contributed by atoms with E-state index in [1.807, 2.05) is 0 Å². The topological polar surface area (TPSA) is 72.6 Å². The summed E-state index contributed by atoms with van der Waals surface area (Å²) in [6.07, 6.45) is 0. The smallest absolute Gasteiger partial charge is 0.217 e. The van der Waals surface area contributed by atoms with Crippen LogP contribution in [0.5, 0.6) is 5.75 Å². The Balaban J connectivity index is 2.59. The van der Waals surface area contributed by atoms with E-state index in [0.29, 0.717) is 24.5 Å². The van der Waals surface area contributed by atoms with Crippen LogP contribution in [0, 0.1) is 0 Å². The molecule has 0 fully saturated rings. The number of hydrogen-bond acceptors (Lipinski definition) is 4. The molecule has 112 valence electrons. The molecule has 5 nitrogen and oxygen atoms in total. The van der Waals surface area contributed by atoms with Crippen molar-refractivity contribution in [1.29, 1.82) is 0 Å². The van der Waals surface area contributed by atoms with Crippen LogP contribution in [-0.4, -0.2) is 38.2 Å². The predicted octanol–water partition coefficient (Wildman–Crippen LogP) is 1.88. The number of nitrogen functional groups attached to an aromatic ring is 1. The van der Waals surface area contributed by atoms with Crippen molar-refractivity contribution in [3.63, 3.8) is 0 Å². The van der Waals surface area contributed by atoms with Crippen LogP contribution in [0.4, 0.5) is 5.69 Å². The normalized spacial score (nSPS) is 11.6. The van der Waals surface area contributed by atoms with E-state index in [4.69, 9.17) is 10.5 Å². The van der Waals surface area contributed by atoms with E-state index < -0.39 is 10.0 Å². The number of sulfonamides is 1. The SMILES string of the molecule is C=C(C)CN(CC)S(=O)(=O)CCOc1ccccc1N. The number of likely N-dealkylation sites (N-methyl/N-ethyl adjacent to an activating group) is 1. The van der Waals surface area contributed by atoms with E-state index in [2.05, 4.69) is 6.58 Å². The van der Waals surface area contributed by atoms with Gasteiger partial charge in [0.1, 0.15) is 12.4 Å². The van der Waals surface area contributed by atoms with Crippen LogP contribution in [0.2, 0.25) is 0 Å². The molecule has 0 saturated carbocycles. The minimum atomic E-state index is -3.34. The van der Waals surface area contributed by atoms with Gasteiger partial charge in [-0.2, -0.15) is 4.31 Å². The quantitative estimate of drug-likeness (QED) is 0.587. The Morgan fingerprint density at radius 3 is 2.60 bits per heavy atom. The Kier molecular flexibility index (Phi) is 6.04. The van der Waals surface area contributed by atoms with Crippen LogP contribution in [0.15, 0.2) is 36.4 Å². The Hall–Kier alpha value is -1.53. The predicted molar refractivity (Wildman–Crippen MR) is 82.2 cm³/mol. The molecule has 0 aromatic heterocycles.